The molecule has 8 nitrogen and oxygen atoms in total. The lowest BCUT2D eigenvalue weighted by Crippen LogP contribution is -2.46. The highest BCUT2D eigenvalue weighted by atomic mass is 16.5. The van der Waals surface area contributed by atoms with Crippen LogP contribution in [-0.2, 0) is 4.74 Å². The van der Waals surface area contributed by atoms with Crippen LogP contribution in [0.15, 0.2) is 23.0 Å². The lowest BCUT2D eigenvalue weighted by molar-refractivity contribution is 0.0524. The fraction of sp³-hybridized carbons (Fsp3) is 0.450. The lowest BCUT2D eigenvalue weighted by Gasteiger charge is -2.32. The van der Waals surface area contributed by atoms with E-state index in [2.05, 4.69) is 10.3 Å². The van der Waals surface area contributed by atoms with E-state index in [0.717, 1.165) is 0 Å². The van der Waals surface area contributed by atoms with Crippen molar-refractivity contribution in [2.24, 2.45) is 0 Å². The fourth-order valence-corrected chi connectivity index (χ4v) is 3.54. The van der Waals surface area contributed by atoms with Gasteiger partial charge in [0.25, 0.3) is 11.8 Å². The Bertz CT molecular complexity index is 861. The molecule has 2 aromatic rings. The summed E-state index contributed by atoms with van der Waals surface area (Å²) in [6.45, 7) is 6.62. The predicted octanol–water partition coefficient (Wildman–Crippen LogP) is 2.44. The minimum Gasteiger partial charge on any atom is -0.472 e. The maximum atomic E-state index is 12.7. The SMILES string of the molecule is CCOC(=O)c1c(C)[nH]c(C(=O)NC2CCN(C(=O)c3ccoc3)CC2)c1C. The summed E-state index contributed by atoms with van der Waals surface area (Å²) >= 11 is 0. The molecular weight excluding hydrogens is 362 g/mol. The molecule has 0 aliphatic carbocycles. The van der Waals surface area contributed by atoms with Crippen LogP contribution in [-0.4, -0.2) is 53.4 Å². The molecule has 3 heterocycles. The maximum Gasteiger partial charge on any atom is 0.340 e. The first-order valence-corrected chi connectivity index (χ1v) is 9.41. The van der Waals surface area contributed by atoms with Crippen molar-refractivity contribution in [1.82, 2.24) is 15.2 Å². The Balaban J connectivity index is 1.60. The first-order valence-electron chi connectivity index (χ1n) is 9.41. The molecule has 2 amide bonds. The molecule has 0 unspecified atom stereocenters. The normalized spacial score (nSPS) is 14.8. The number of likely N-dealkylation sites (tertiary alicyclic amines) is 1. The molecule has 28 heavy (non-hydrogen) atoms. The number of carbonyl (C=O) groups is 3. The van der Waals surface area contributed by atoms with E-state index < -0.39 is 5.97 Å². The Morgan fingerprint density at radius 1 is 1.29 bits per heavy atom. The van der Waals surface area contributed by atoms with E-state index in [1.807, 2.05) is 0 Å². The lowest BCUT2D eigenvalue weighted by atomic mass is 10.0. The number of ether oxygens (including phenoxy) is 1. The van der Waals surface area contributed by atoms with Crippen LogP contribution < -0.4 is 5.32 Å². The van der Waals surface area contributed by atoms with Gasteiger partial charge in [-0.25, -0.2) is 4.79 Å². The molecule has 2 aromatic heterocycles. The van der Waals surface area contributed by atoms with Gasteiger partial charge >= 0.3 is 5.97 Å². The van der Waals surface area contributed by atoms with Gasteiger partial charge in [-0.2, -0.15) is 0 Å². The van der Waals surface area contributed by atoms with E-state index in [9.17, 15) is 14.4 Å². The number of esters is 1. The summed E-state index contributed by atoms with van der Waals surface area (Å²) in [6, 6.07) is 1.61. The van der Waals surface area contributed by atoms with Gasteiger partial charge in [0.2, 0.25) is 0 Å². The van der Waals surface area contributed by atoms with Crippen LogP contribution in [0, 0.1) is 13.8 Å². The molecule has 0 radical (unpaired) electrons. The Hall–Kier alpha value is -3.03. The maximum absolute atomic E-state index is 12.7. The summed E-state index contributed by atoms with van der Waals surface area (Å²) in [7, 11) is 0. The summed E-state index contributed by atoms with van der Waals surface area (Å²) < 4.78 is 10.0. The van der Waals surface area contributed by atoms with Gasteiger partial charge in [0.15, 0.2) is 0 Å². The van der Waals surface area contributed by atoms with E-state index in [0.29, 0.717) is 54.0 Å². The molecule has 3 rings (SSSR count). The molecule has 1 fully saturated rings. The first-order chi connectivity index (χ1) is 13.4. The van der Waals surface area contributed by atoms with Gasteiger partial charge in [-0.3, -0.25) is 9.59 Å². The van der Waals surface area contributed by atoms with Crippen molar-refractivity contribution in [3.8, 4) is 0 Å². The van der Waals surface area contributed by atoms with Crippen LogP contribution in [0.25, 0.3) is 0 Å². The topological polar surface area (TPSA) is 105 Å². The highest BCUT2D eigenvalue weighted by Crippen LogP contribution is 2.20. The summed E-state index contributed by atoms with van der Waals surface area (Å²) in [5, 5.41) is 3.00. The smallest absolute Gasteiger partial charge is 0.340 e. The molecule has 8 heteroatoms. The van der Waals surface area contributed by atoms with Crippen LogP contribution >= 0.6 is 0 Å². The van der Waals surface area contributed by atoms with Gasteiger partial charge in [0.05, 0.1) is 24.0 Å². The average Bonchev–Trinajstić information content (AvgIpc) is 3.30. The number of H-pyrrole nitrogens is 1. The summed E-state index contributed by atoms with van der Waals surface area (Å²) in [4.78, 5) is 41.9. The highest BCUT2D eigenvalue weighted by molar-refractivity contribution is 6.00. The van der Waals surface area contributed by atoms with Gasteiger partial charge in [0.1, 0.15) is 12.0 Å². The Kier molecular flexibility index (Phi) is 5.87. The van der Waals surface area contributed by atoms with Crippen LogP contribution in [0.1, 0.15) is 62.2 Å². The largest absolute Gasteiger partial charge is 0.472 e. The number of aromatic amines is 1. The van der Waals surface area contributed by atoms with Crippen molar-refractivity contribution < 1.29 is 23.5 Å². The molecule has 0 atom stereocenters. The zero-order valence-electron chi connectivity index (χ0n) is 16.3. The Morgan fingerprint density at radius 3 is 2.61 bits per heavy atom. The van der Waals surface area contributed by atoms with E-state index in [4.69, 9.17) is 9.15 Å². The molecule has 0 saturated carbocycles. The van der Waals surface area contributed by atoms with Crippen molar-refractivity contribution >= 4 is 17.8 Å². The number of nitrogens with one attached hydrogen (secondary N) is 2. The molecule has 1 saturated heterocycles. The molecule has 0 spiro atoms. The van der Waals surface area contributed by atoms with Crippen molar-refractivity contribution in [3.05, 3.63) is 46.7 Å². The molecule has 1 aliphatic heterocycles. The number of aromatic nitrogens is 1. The third-order valence-electron chi connectivity index (χ3n) is 5.03. The van der Waals surface area contributed by atoms with Gasteiger partial charge < -0.3 is 24.4 Å². The third kappa shape index (κ3) is 3.95. The predicted molar refractivity (Wildman–Crippen MR) is 101 cm³/mol. The molecule has 1 aliphatic rings. The molecule has 2 N–H and O–H groups in total. The second kappa shape index (κ2) is 8.33. The number of aryl methyl sites for hydroxylation is 1. The number of hydrogen-bond donors (Lipinski definition) is 2. The Morgan fingerprint density at radius 2 is 2.00 bits per heavy atom. The molecule has 0 bridgehead atoms. The van der Waals surface area contributed by atoms with Crippen molar-refractivity contribution in [2.75, 3.05) is 19.7 Å². The molecule has 0 aromatic carbocycles. The van der Waals surface area contributed by atoms with Crippen LogP contribution in [0.5, 0.6) is 0 Å². The number of amides is 2. The number of nitrogens with zero attached hydrogens (tertiary/aromatic N) is 1. The van der Waals surface area contributed by atoms with E-state index in [1.165, 1.54) is 12.5 Å². The van der Waals surface area contributed by atoms with E-state index in [1.54, 1.807) is 31.7 Å². The zero-order valence-corrected chi connectivity index (χ0v) is 16.3. The summed E-state index contributed by atoms with van der Waals surface area (Å²) in [5.41, 5.74) is 2.51. The monoisotopic (exact) mass is 387 g/mol. The average molecular weight is 387 g/mol. The second-order valence-electron chi connectivity index (χ2n) is 6.90. The van der Waals surface area contributed by atoms with Crippen molar-refractivity contribution in [2.45, 2.75) is 39.7 Å². The Labute approximate surface area is 163 Å². The zero-order chi connectivity index (χ0) is 20.3. The van der Waals surface area contributed by atoms with Crippen LogP contribution in [0.3, 0.4) is 0 Å². The van der Waals surface area contributed by atoms with Gasteiger partial charge in [-0.05, 0) is 45.2 Å². The first kappa shape index (κ1) is 19.7. The van der Waals surface area contributed by atoms with Crippen molar-refractivity contribution in [1.29, 1.82) is 0 Å². The number of rotatable bonds is 5. The van der Waals surface area contributed by atoms with Crippen LogP contribution in [0.4, 0.5) is 0 Å². The number of furan rings is 1. The summed E-state index contributed by atoms with van der Waals surface area (Å²) in [6.07, 6.45) is 4.25. The van der Waals surface area contributed by atoms with Gasteiger partial charge in [-0.1, -0.05) is 0 Å². The van der Waals surface area contributed by atoms with Gasteiger partial charge in [0, 0.05) is 24.8 Å². The fourth-order valence-electron chi connectivity index (χ4n) is 3.54. The van der Waals surface area contributed by atoms with E-state index in [-0.39, 0.29) is 24.5 Å². The van der Waals surface area contributed by atoms with Gasteiger partial charge in [-0.15, -0.1) is 0 Å². The minimum absolute atomic E-state index is 0.0325. The minimum atomic E-state index is -0.432. The summed E-state index contributed by atoms with van der Waals surface area (Å²) in [5.74, 6) is -0.747. The molecule has 150 valence electrons. The number of hydrogen-bond acceptors (Lipinski definition) is 5. The van der Waals surface area contributed by atoms with Crippen molar-refractivity contribution in [3.63, 3.8) is 0 Å². The van der Waals surface area contributed by atoms with E-state index >= 15 is 0 Å². The molecular formula is C20H25N3O5. The highest BCUT2D eigenvalue weighted by Gasteiger charge is 2.27. The number of carbonyl (C=O) groups excluding carboxylic acids is 3. The van der Waals surface area contributed by atoms with Crippen LogP contribution in [0.2, 0.25) is 0 Å². The third-order valence-corrected chi connectivity index (χ3v) is 5.03. The number of piperidine rings is 1. The standard InChI is InChI=1S/C20H25N3O5/c1-4-28-20(26)16-12(2)17(21-13(16)3)18(24)22-15-5-8-23(9-6-15)19(25)14-7-10-27-11-14/h7,10-11,15,21H,4-6,8-9H2,1-3H3,(H,22,24). The quantitative estimate of drug-likeness (QED) is 0.767. The second-order valence-corrected chi connectivity index (χ2v) is 6.90.